The highest BCUT2D eigenvalue weighted by Gasteiger charge is 2.09. The van der Waals surface area contributed by atoms with Crippen molar-refractivity contribution >= 4 is 58.0 Å². The molecule has 1 heterocycles. The van der Waals surface area contributed by atoms with E-state index in [-0.39, 0.29) is 17.3 Å². The molecule has 0 saturated carbocycles. The molecule has 0 fully saturated rings. The zero-order chi connectivity index (χ0) is 18.2. The third-order valence-electron chi connectivity index (χ3n) is 2.75. The standard InChI is InChI=1S/C10H11ClO4S.C5H2BrNS/c1-15-10(12)7-4-8-2-5-9(6-3-8)16(11,13)14;1-7-5-4(6)2-3-8-5/h2-3,5-6H,4,7H2,1H3;2-3H. The van der Waals surface area contributed by atoms with Crippen molar-refractivity contribution in [2.45, 2.75) is 17.7 Å². The molecule has 1 aromatic carbocycles. The van der Waals surface area contributed by atoms with Crippen molar-refractivity contribution in [1.29, 1.82) is 0 Å². The van der Waals surface area contributed by atoms with E-state index in [0.29, 0.717) is 6.42 Å². The summed E-state index contributed by atoms with van der Waals surface area (Å²) >= 11 is 4.67. The van der Waals surface area contributed by atoms with Crippen molar-refractivity contribution in [2.75, 3.05) is 7.11 Å². The molecule has 0 aliphatic heterocycles. The highest BCUT2D eigenvalue weighted by molar-refractivity contribution is 9.10. The van der Waals surface area contributed by atoms with Crippen LogP contribution in [0.2, 0.25) is 0 Å². The van der Waals surface area contributed by atoms with Gasteiger partial charge in [-0.2, -0.15) is 11.3 Å². The molecule has 1 aromatic heterocycles. The van der Waals surface area contributed by atoms with Gasteiger partial charge in [0.2, 0.25) is 0 Å². The minimum absolute atomic E-state index is 0.0518. The molecule has 0 saturated heterocycles. The van der Waals surface area contributed by atoms with Gasteiger partial charge < -0.3 is 4.74 Å². The number of halogens is 2. The summed E-state index contributed by atoms with van der Waals surface area (Å²) in [6.45, 7) is 6.61. The number of methoxy groups -OCH3 is 1. The predicted molar refractivity (Wildman–Crippen MR) is 98.1 cm³/mol. The van der Waals surface area contributed by atoms with Gasteiger partial charge in [0.25, 0.3) is 14.1 Å². The summed E-state index contributed by atoms with van der Waals surface area (Å²) in [4.78, 5) is 14.2. The second-order valence-electron chi connectivity index (χ2n) is 4.34. The van der Waals surface area contributed by atoms with Gasteiger partial charge >= 0.3 is 5.97 Å². The zero-order valence-corrected chi connectivity index (χ0v) is 16.5. The molecule has 2 aromatic rings. The first-order valence-electron chi connectivity index (χ1n) is 6.48. The minimum atomic E-state index is -3.67. The fraction of sp³-hybridized carbons (Fsp3) is 0.200. The van der Waals surface area contributed by atoms with Crippen LogP contribution in [0.4, 0.5) is 5.00 Å². The van der Waals surface area contributed by atoms with Crippen LogP contribution in [0.1, 0.15) is 12.0 Å². The lowest BCUT2D eigenvalue weighted by atomic mass is 10.1. The van der Waals surface area contributed by atoms with Crippen LogP contribution < -0.4 is 0 Å². The largest absolute Gasteiger partial charge is 0.469 e. The number of rotatable bonds is 4. The SMILES string of the molecule is COC(=O)CCc1ccc(S(=O)(=O)Cl)cc1.[C-]#[N+]c1sccc1Br. The van der Waals surface area contributed by atoms with Crippen LogP contribution >= 0.6 is 37.9 Å². The number of esters is 1. The number of hydrogen-bond acceptors (Lipinski definition) is 5. The van der Waals surface area contributed by atoms with Crippen LogP contribution in [0, 0.1) is 6.57 Å². The number of benzene rings is 1. The lowest BCUT2D eigenvalue weighted by molar-refractivity contribution is -0.140. The highest BCUT2D eigenvalue weighted by Crippen LogP contribution is 2.30. The Hall–Kier alpha value is -1.40. The Bertz CT molecular complexity index is 826. The zero-order valence-electron chi connectivity index (χ0n) is 12.5. The van der Waals surface area contributed by atoms with Crippen molar-refractivity contribution in [1.82, 2.24) is 0 Å². The van der Waals surface area contributed by atoms with Crippen LogP contribution in [0.3, 0.4) is 0 Å². The Morgan fingerprint density at radius 3 is 2.33 bits per heavy atom. The van der Waals surface area contributed by atoms with E-state index >= 15 is 0 Å². The molecular formula is C15H13BrClNO4S2. The number of carbonyl (C=O) groups excluding carboxylic acids is 1. The van der Waals surface area contributed by atoms with Crippen molar-refractivity contribution in [2.24, 2.45) is 0 Å². The molecule has 0 atom stereocenters. The lowest BCUT2D eigenvalue weighted by Gasteiger charge is -2.01. The van der Waals surface area contributed by atoms with Crippen LogP contribution in [0.25, 0.3) is 4.85 Å². The molecule has 0 aliphatic carbocycles. The molecule has 2 rings (SSSR count). The van der Waals surface area contributed by atoms with Gasteiger partial charge in [-0.25, -0.2) is 13.3 Å². The first-order valence-corrected chi connectivity index (χ1v) is 10.5. The second-order valence-corrected chi connectivity index (χ2v) is 8.66. The van der Waals surface area contributed by atoms with Gasteiger partial charge in [0.05, 0.1) is 18.6 Å². The minimum Gasteiger partial charge on any atom is -0.469 e. The summed E-state index contributed by atoms with van der Waals surface area (Å²) in [5.74, 6) is -0.297. The second kappa shape index (κ2) is 9.79. The van der Waals surface area contributed by atoms with Gasteiger partial charge in [0.15, 0.2) is 0 Å². The van der Waals surface area contributed by atoms with Gasteiger partial charge in [-0.15, -0.1) is 0 Å². The topological polar surface area (TPSA) is 64.8 Å². The van der Waals surface area contributed by atoms with Crippen molar-refractivity contribution in [3.05, 3.63) is 57.2 Å². The van der Waals surface area contributed by atoms with Crippen molar-refractivity contribution < 1.29 is 17.9 Å². The molecule has 0 radical (unpaired) electrons. The lowest BCUT2D eigenvalue weighted by Crippen LogP contribution is -2.02. The van der Waals surface area contributed by atoms with E-state index in [1.54, 1.807) is 12.1 Å². The van der Waals surface area contributed by atoms with Gasteiger partial charge in [0.1, 0.15) is 0 Å². The van der Waals surface area contributed by atoms with Gasteiger partial charge in [-0.1, -0.05) is 28.1 Å². The Labute approximate surface area is 157 Å². The Kier molecular flexibility index (Phi) is 8.42. The predicted octanol–water partition coefficient (Wildman–Crippen LogP) is 4.78. The van der Waals surface area contributed by atoms with E-state index in [2.05, 4.69) is 25.5 Å². The van der Waals surface area contributed by atoms with Crippen LogP contribution in [0.15, 0.2) is 45.1 Å². The highest BCUT2D eigenvalue weighted by atomic mass is 79.9. The van der Waals surface area contributed by atoms with Crippen LogP contribution in [0.5, 0.6) is 0 Å². The Morgan fingerprint density at radius 2 is 1.96 bits per heavy atom. The Morgan fingerprint density at radius 1 is 1.33 bits per heavy atom. The number of thiophene rings is 1. The molecular weight excluding hydrogens is 438 g/mol. The van der Waals surface area contributed by atoms with Crippen molar-refractivity contribution in [3.63, 3.8) is 0 Å². The van der Waals surface area contributed by atoms with Crippen molar-refractivity contribution in [3.8, 4) is 0 Å². The molecule has 0 bridgehead atoms. The summed E-state index contributed by atoms with van der Waals surface area (Å²) < 4.78 is 27.3. The van der Waals surface area contributed by atoms with E-state index in [9.17, 15) is 13.2 Å². The van der Waals surface area contributed by atoms with E-state index < -0.39 is 9.05 Å². The van der Waals surface area contributed by atoms with Gasteiger partial charge in [-0.05, 0) is 35.6 Å². The smallest absolute Gasteiger partial charge is 0.305 e. The average Bonchev–Trinajstić information content (AvgIpc) is 2.98. The quantitative estimate of drug-likeness (QED) is 0.382. The third-order valence-corrected chi connectivity index (χ3v) is 5.83. The fourth-order valence-electron chi connectivity index (χ4n) is 1.53. The number of ether oxygens (including phenoxy) is 1. The molecule has 0 unspecified atom stereocenters. The summed E-state index contributed by atoms with van der Waals surface area (Å²) in [5.41, 5.74) is 0.856. The van der Waals surface area contributed by atoms with Crippen LogP contribution in [-0.4, -0.2) is 21.5 Å². The molecule has 128 valence electrons. The third kappa shape index (κ3) is 7.01. The van der Waals surface area contributed by atoms with E-state index in [0.717, 1.165) is 15.0 Å². The number of nitrogens with zero attached hydrogens (tertiary/aromatic N) is 1. The van der Waals surface area contributed by atoms with E-state index in [4.69, 9.17) is 17.3 Å². The molecule has 0 amide bonds. The fourth-order valence-corrected chi connectivity index (χ4v) is 3.54. The molecule has 0 spiro atoms. The summed E-state index contributed by atoms with van der Waals surface area (Å²) in [5, 5.41) is 2.61. The summed E-state index contributed by atoms with van der Waals surface area (Å²) in [7, 11) is 2.81. The molecule has 9 heteroatoms. The Balaban J connectivity index is 0.000000300. The summed E-state index contributed by atoms with van der Waals surface area (Å²) in [6, 6.07) is 7.94. The first-order chi connectivity index (χ1) is 11.3. The average molecular weight is 451 g/mol. The maximum absolute atomic E-state index is 10.9. The first kappa shape index (κ1) is 20.6. The maximum Gasteiger partial charge on any atom is 0.305 e. The monoisotopic (exact) mass is 449 g/mol. The molecule has 5 nitrogen and oxygen atoms in total. The molecule has 0 aliphatic rings. The van der Waals surface area contributed by atoms with E-state index in [1.807, 2.05) is 11.4 Å². The normalized spacial score (nSPS) is 10.2. The number of carbonyl (C=O) groups is 1. The van der Waals surface area contributed by atoms with Gasteiger partial charge in [-0.3, -0.25) is 4.79 Å². The van der Waals surface area contributed by atoms with E-state index in [1.165, 1.54) is 30.6 Å². The molecule has 0 N–H and O–H groups in total. The molecule has 24 heavy (non-hydrogen) atoms. The maximum atomic E-state index is 10.9. The number of aryl methyl sites for hydroxylation is 1. The number of hydrogen-bond donors (Lipinski definition) is 0. The van der Waals surface area contributed by atoms with Gasteiger partial charge in [0, 0.05) is 21.6 Å². The van der Waals surface area contributed by atoms with Crippen LogP contribution in [-0.2, 0) is 25.0 Å². The summed E-state index contributed by atoms with van der Waals surface area (Å²) in [6.07, 6.45) is 0.777.